The number of hydrogen-bond donors (Lipinski definition) is 2. The van der Waals surface area contributed by atoms with E-state index in [4.69, 9.17) is 5.73 Å². The average molecular weight is 266 g/mol. The number of hydrogen-bond acceptors (Lipinski definition) is 3. The van der Waals surface area contributed by atoms with E-state index >= 15 is 0 Å². The molecule has 108 valence electrons. The molecule has 0 saturated heterocycles. The number of nitrogen functional groups attached to an aromatic ring is 1. The van der Waals surface area contributed by atoms with Gasteiger partial charge in [-0.15, -0.1) is 0 Å². The van der Waals surface area contributed by atoms with Gasteiger partial charge in [0.2, 0.25) is 5.91 Å². The maximum absolute atomic E-state index is 11.9. The summed E-state index contributed by atoms with van der Waals surface area (Å²) in [7, 11) is 0. The molecule has 1 aromatic rings. The molecule has 1 unspecified atom stereocenters. The topological polar surface area (TPSA) is 72.9 Å². The van der Waals surface area contributed by atoms with Crippen LogP contribution in [0.4, 0.5) is 5.69 Å². The molecule has 0 bridgehead atoms. The minimum atomic E-state index is -0.00500. The zero-order chi connectivity index (χ0) is 14.4. The summed E-state index contributed by atoms with van der Waals surface area (Å²) in [5.41, 5.74) is 8.15. The molecule has 1 atom stereocenters. The van der Waals surface area contributed by atoms with Crippen LogP contribution < -0.4 is 11.1 Å². The summed E-state index contributed by atoms with van der Waals surface area (Å²) in [6.07, 6.45) is 4.60. The van der Waals surface area contributed by atoms with Gasteiger partial charge in [0, 0.05) is 6.04 Å². The molecule has 5 heteroatoms. The van der Waals surface area contributed by atoms with Gasteiger partial charge in [0.15, 0.2) is 0 Å². The van der Waals surface area contributed by atoms with Gasteiger partial charge in [-0.05, 0) is 27.2 Å². The molecule has 0 radical (unpaired) electrons. The zero-order valence-corrected chi connectivity index (χ0v) is 12.5. The van der Waals surface area contributed by atoms with Gasteiger partial charge in [0.1, 0.15) is 6.54 Å². The first kappa shape index (κ1) is 15.5. The number of anilines is 1. The summed E-state index contributed by atoms with van der Waals surface area (Å²) in [5.74, 6) is -0.00500. The van der Waals surface area contributed by atoms with E-state index in [0.717, 1.165) is 24.2 Å². The first-order valence-electron chi connectivity index (χ1n) is 7.04. The molecule has 0 aliphatic heterocycles. The van der Waals surface area contributed by atoms with Gasteiger partial charge in [-0.1, -0.05) is 26.2 Å². The molecule has 3 N–H and O–H groups in total. The van der Waals surface area contributed by atoms with Crippen molar-refractivity contribution in [3.05, 3.63) is 11.4 Å². The van der Waals surface area contributed by atoms with E-state index in [1.54, 1.807) is 4.68 Å². The smallest absolute Gasteiger partial charge is 0.241 e. The summed E-state index contributed by atoms with van der Waals surface area (Å²) >= 11 is 0. The highest BCUT2D eigenvalue weighted by molar-refractivity contribution is 5.76. The van der Waals surface area contributed by atoms with E-state index < -0.39 is 0 Å². The lowest BCUT2D eigenvalue weighted by molar-refractivity contribution is -0.122. The Hall–Kier alpha value is -1.52. The van der Waals surface area contributed by atoms with Crippen molar-refractivity contribution in [2.75, 3.05) is 5.73 Å². The molecule has 19 heavy (non-hydrogen) atoms. The molecule has 0 aromatic carbocycles. The molecule has 1 heterocycles. The molecule has 0 fully saturated rings. The van der Waals surface area contributed by atoms with Crippen molar-refractivity contribution >= 4 is 11.6 Å². The van der Waals surface area contributed by atoms with E-state index in [2.05, 4.69) is 17.3 Å². The van der Waals surface area contributed by atoms with Crippen molar-refractivity contribution in [2.45, 2.75) is 66.0 Å². The maximum Gasteiger partial charge on any atom is 0.241 e. The van der Waals surface area contributed by atoms with Crippen LogP contribution in [0, 0.1) is 13.8 Å². The van der Waals surface area contributed by atoms with Crippen molar-refractivity contribution in [1.29, 1.82) is 0 Å². The maximum atomic E-state index is 11.9. The summed E-state index contributed by atoms with van der Waals surface area (Å²) in [5, 5.41) is 7.27. The molecule has 1 amide bonds. The van der Waals surface area contributed by atoms with E-state index in [0.29, 0.717) is 5.69 Å². The second kappa shape index (κ2) is 7.16. The molecule has 1 rings (SSSR count). The number of amides is 1. The van der Waals surface area contributed by atoms with Crippen LogP contribution in [0.25, 0.3) is 0 Å². The van der Waals surface area contributed by atoms with Crippen LogP contribution in [0.15, 0.2) is 0 Å². The largest absolute Gasteiger partial charge is 0.396 e. The number of aromatic nitrogens is 2. The van der Waals surface area contributed by atoms with Crippen molar-refractivity contribution in [3.63, 3.8) is 0 Å². The Labute approximate surface area is 115 Å². The SMILES string of the molecule is CCCCCC(C)NC(=O)Cn1nc(C)c(N)c1C. The third-order valence-corrected chi connectivity index (χ3v) is 3.38. The lowest BCUT2D eigenvalue weighted by atomic mass is 10.1. The third-order valence-electron chi connectivity index (χ3n) is 3.38. The average Bonchev–Trinajstić information content (AvgIpc) is 2.57. The van der Waals surface area contributed by atoms with Crippen LogP contribution in [-0.4, -0.2) is 21.7 Å². The molecular weight excluding hydrogens is 240 g/mol. The molecule has 0 saturated carbocycles. The van der Waals surface area contributed by atoms with Crippen molar-refractivity contribution in [1.82, 2.24) is 15.1 Å². The van der Waals surface area contributed by atoms with Gasteiger partial charge < -0.3 is 11.1 Å². The fourth-order valence-electron chi connectivity index (χ4n) is 2.09. The highest BCUT2D eigenvalue weighted by atomic mass is 16.2. The quantitative estimate of drug-likeness (QED) is 0.743. The first-order chi connectivity index (χ1) is 8.95. The Morgan fingerprint density at radius 2 is 2.11 bits per heavy atom. The van der Waals surface area contributed by atoms with Gasteiger partial charge >= 0.3 is 0 Å². The standard InChI is InChI=1S/C14H26N4O/c1-5-6-7-8-10(2)16-13(19)9-18-12(4)14(15)11(3)17-18/h10H,5-9,15H2,1-4H3,(H,16,19). The summed E-state index contributed by atoms with van der Waals surface area (Å²) in [6, 6.07) is 0.216. The Kier molecular flexibility index (Phi) is 5.86. The number of nitrogens with two attached hydrogens (primary N) is 1. The number of nitrogens with zero attached hydrogens (tertiary/aromatic N) is 2. The number of carbonyl (C=O) groups excluding carboxylic acids is 1. The van der Waals surface area contributed by atoms with Crippen LogP contribution >= 0.6 is 0 Å². The minimum absolute atomic E-state index is 0.00500. The Bertz CT molecular complexity index is 425. The lowest BCUT2D eigenvalue weighted by Gasteiger charge is -2.14. The van der Waals surface area contributed by atoms with Crippen LogP contribution in [0.1, 0.15) is 50.9 Å². The Morgan fingerprint density at radius 3 is 2.63 bits per heavy atom. The lowest BCUT2D eigenvalue weighted by Crippen LogP contribution is -2.35. The number of nitrogens with one attached hydrogen (secondary N) is 1. The van der Waals surface area contributed by atoms with Gasteiger partial charge in [0.05, 0.1) is 17.1 Å². The van der Waals surface area contributed by atoms with E-state index in [9.17, 15) is 4.79 Å². The highest BCUT2D eigenvalue weighted by Crippen LogP contribution is 2.14. The summed E-state index contributed by atoms with van der Waals surface area (Å²) in [6.45, 7) is 8.19. The minimum Gasteiger partial charge on any atom is -0.396 e. The van der Waals surface area contributed by atoms with E-state index in [1.165, 1.54) is 12.8 Å². The first-order valence-corrected chi connectivity index (χ1v) is 7.04. The van der Waals surface area contributed by atoms with Crippen LogP contribution in [-0.2, 0) is 11.3 Å². The Morgan fingerprint density at radius 1 is 1.42 bits per heavy atom. The molecule has 1 aromatic heterocycles. The third kappa shape index (κ3) is 4.58. The number of rotatable bonds is 7. The van der Waals surface area contributed by atoms with Crippen LogP contribution in [0.5, 0.6) is 0 Å². The van der Waals surface area contributed by atoms with Crippen molar-refractivity contribution < 1.29 is 4.79 Å². The zero-order valence-electron chi connectivity index (χ0n) is 12.5. The molecule has 0 spiro atoms. The van der Waals surface area contributed by atoms with Crippen molar-refractivity contribution in [2.24, 2.45) is 0 Å². The second-order valence-electron chi connectivity index (χ2n) is 5.21. The number of unbranched alkanes of at least 4 members (excludes halogenated alkanes) is 2. The molecular formula is C14H26N4O. The fraction of sp³-hybridized carbons (Fsp3) is 0.714. The predicted octanol–water partition coefficient (Wildman–Crippen LogP) is 2.17. The Balaban J connectivity index is 2.44. The van der Waals surface area contributed by atoms with Crippen LogP contribution in [0.3, 0.4) is 0 Å². The number of aryl methyl sites for hydroxylation is 1. The van der Waals surface area contributed by atoms with Gasteiger partial charge in [-0.3, -0.25) is 9.48 Å². The highest BCUT2D eigenvalue weighted by Gasteiger charge is 2.12. The van der Waals surface area contributed by atoms with E-state index in [-0.39, 0.29) is 18.5 Å². The monoisotopic (exact) mass is 266 g/mol. The number of carbonyl (C=O) groups is 1. The fourth-order valence-corrected chi connectivity index (χ4v) is 2.09. The van der Waals surface area contributed by atoms with Gasteiger partial charge in [-0.2, -0.15) is 5.10 Å². The molecule has 5 nitrogen and oxygen atoms in total. The molecule has 0 aliphatic rings. The predicted molar refractivity (Wildman–Crippen MR) is 77.9 cm³/mol. The normalized spacial score (nSPS) is 12.4. The van der Waals surface area contributed by atoms with Crippen molar-refractivity contribution in [3.8, 4) is 0 Å². The second-order valence-corrected chi connectivity index (χ2v) is 5.21. The van der Waals surface area contributed by atoms with E-state index in [1.807, 2.05) is 20.8 Å². The summed E-state index contributed by atoms with van der Waals surface area (Å²) in [4.78, 5) is 11.9. The van der Waals surface area contributed by atoms with Gasteiger partial charge in [-0.25, -0.2) is 0 Å². The molecule has 0 aliphatic carbocycles. The van der Waals surface area contributed by atoms with Gasteiger partial charge in [0.25, 0.3) is 0 Å². The summed E-state index contributed by atoms with van der Waals surface area (Å²) < 4.78 is 1.67. The van der Waals surface area contributed by atoms with Crippen LogP contribution in [0.2, 0.25) is 0 Å².